The first-order valence-electron chi connectivity index (χ1n) is 11.4. The van der Waals surface area contributed by atoms with Crippen molar-refractivity contribution in [1.82, 2.24) is 9.67 Å². The van der Waals surface area contributed by atoms with Gasteiger partial charge in [0.05, 0.1) is 11.3 Å². The van der Waals surface area contributed by atoms with Crippen LogP contribution >= 0.6 is 0 Å². The highest BCUT2D eigenvalue weighted by atomic mass is 15.5. The summed E-state index contributed by atoms with van der Waals surface area (Å²) in [4.78, 5) is 5.19. The fraction of sp³-hybridized carbons (Fsp3) is 0.481. The van der Waals surface area contributed by atoms with Crippen LogP contribution in [0.5, 0.6) is 0 Å². The molecule has 0 amide bonds. The maximum absolute atomic E-state index is 5.19. The summed E-state index contributed by atoms with van der Waals surface area (Å²) >= 11 is 0. The first-order valence-corrected chi connectivity index (χ1v) is 11.4. The van der Waals surface area contributed by atoms with E-state index < -0.39 is 0 Å². The largest absolute Gasteiger partial charge is 0.317 e. The Bertz CT molecular complexity index is 996. The number of para-hydroxylation sites is 1. The van der Waals surface area contributed by atoms with Crippen molar-refractivity contribution in [2.24, 2.45) is 0 Å². The van der Waals surface area contributed by atoms with Crippen molar-refractivity contribution in [3.05, 3.63) is 65.0 Å². The topological polar surface area (TPSA) is 21.7 Å². The summed E-state index contributed by atoms with van der Waals surface area (Å²) < 4.78 is 4.72. The Morgan fingerprint density at radius 3 is 1.70 bits per heavy atom. The van der Waals surface area contributed by atoms with E-state index in [9.17, 15) is 0 Å². The van der Waals surface area contributed by atoms with Gasteiger partial charge in [-0.3, -0.25) is 0 Å². The standard InChI is InChI=1S/C27H38N3/c1-17(2)22-13-10-11-16-25(22)30-27(28-21(9)29(30)20(7)8)26-23(18(3)4)14-12-15-24(26)19(5)6/h10-20H,1-9H3/q+1. The molecule has 0 N–H and O–H groups in total. The van der Waals surface area contributed by atoms with Crippen LogP contribution in [0.1, 0.15) is 102 Å². The van der Waals surface area contributed by atoms with Crippen molar-refractivity contribution in [2.45, 2.75) is 86.1 Å². The smallest absolute Gasteiger partial charge is 0.146 e. The Kier molecular flexibility index (Phi) is 6.50. The van der Waals surface area contributed by atoms with Crippen LogP contribution in [0.4, 0.5) is 0 Å². The van der Waals surface area contributed by atoms with Crippen LogP contribution in [0.25, 0.3) is 17.1 Å². The summed E-state index contributed by atoms with van der Waals surface area (Å²) in [6, 6.07) is 15.8. The van der Waals surface area contributed by atoms with Crippen molar-refractivity contribution in [1.29, 1.82) is 0 Å². The van der Waals surface area contributed by atoms with Gasteiger partial charge < -0.3 is 0 Å². The Morgan fingerprint density at radius 2 is 1.20 bits per heavy atom. The van der Waals surface area contributed by atoms with Crippen LogP contribution in [0.3, 0.4) is 0 Å². The van der Waals surface area contributed by atoms with Gasteiger partial charge in [-0.05, 0) is 59.3 Å². The third kappa shape index (κ3) is 3.95. The van der Waals surface area contributed by atoms with Gasteiger partial charge in [0.2, 0.25) is 0 Å². The molecule has 30 heavy (non-hydrogen) atoms. The third-order valence-electron chi connectivity index (χ3n) is 5.89. The van der Waals surface area contributed by atoms with Gasteiger partial charge >= 0.3 is 5.82 Å². The van der Waals surface area contributed by atoms with E-state index in [1.165, 1.54) is 27.9 Å². The minimum Gasteiger partial charge on any atom is -0.146 e. The molecule has 3 nitrogen and oxygen atoms in total. The highest BCUT2D eigenvalue weighted by molar-refractivity contribution is 5.68. The zero-order valence-corrected chi connectivity index (χ0v) is 20.2. The van der Waals surface area contributed by atoms with E-state index in [0.717, 1.165) is 11.6 Å². The first-order chi connectivity index (χ1) is 14.1. The second-order valence-corrected chi connectivity index (χ2v) is 9.57. The van der Waals surface area contributed by atoms with Gasteiger partial charge in [0.25, 0.3) is 5.82 Å². The molecule has 0 fully saturated rings. The second kappa shape index (κ2) is 8.75. The minimum atomic E-state index is 0.306. The summed E-state index contributed by atoms with van der Waals surface area (Å²) in [6.07, 6.45) is 0. The molecule has 0 unspecified atom stereocenters. The molecule has 0 radical (unpaired) electrons. The van der Waals surface area contributed by atoms with Gasteiger partial charge in [0.1, 0.15) is 6.04 Å². The van der Waals surface area contributed by atoms with Gasteiger partial charge in [-0.1, -0.05) is 77.9 Å². The van der Waals surface area contributed by atoms with Crippen LogP contribution in [-0.4, -0.2) is 9.67 Å². The zero-order valence-electron chi connectivity index (χ0n) is 20.2. The van der Waals surface area contributed by atoms with Crippen LogP contribution in [0.2, 0.25) is 0 Å². The summed E-state index contributed by atoms with van der Waals surface area (Å²) in [7, 11) is 0. The molecule has 1 heterocycles. The molecule has 0 aliphatic carbocycles. The van der Waals surface area contributed by atoms with Crippen LogP contribution in [0, 0.1) is 6.92 Å². The quantitative estimate of drug-likeness (QED) is 0.402. The molecule has 0 spiro atoms. The van der Waals surface area contributed by atoms with Crippen molar-refractivity contribution >= 4 is 0 Å². The number of rotatable bonds is 6. The molecule has 3 heteroatoms. The predicted molar refractivity (Wildman–Crippen MR) is 127 cm³/mol. The lowest BCUT2D eigenvalue weighted by atomic mass is 9.88. The summed E-state index contributed by atoms with van der Waals surface area (Å²) in [5.41, 5.74) is 6.60. The number of hydrogen-bond acceptors (Lipinski definition) is 1. The highest BCUT2D eigenvalue weighted by Crippen LogP contribution is 2.37. The van der Waals surface area contributed by atoms with Gasteiger partial charge in [0, 0.05) is 6.92 Å². The summed E-state index contributed by atoms with van der Waals surface area (Å²) in [5.74, 6) is 3.39. The Labute approximate surface area is 182 Å². The monoisotopic (exact) mass is 404 g/mol. The number of benzene rings is 2. The van der Waals surface area contributed by atoms with Crippen LogP contribution in [0.15, 0.2) is 42.5 Å². The average Bonchev–Trinajstić information content (AvgIpc) is 3.04. The number of aryl methyl sites for hydroxylation is 1. The lowest BCUT2D eigenvalue weighted by Crippen LogP contribution is -2.47. The minimum absolute atomic E-state index is 0.306. The van der Waals surface area contributed by atoms with E-state index >= 15 is 0 Å². The van der Waals surface area contributed by atoms with Crippen molar-refractivity contribution in [3.63, 3.8) is 0 Å². The van der Waals surface area contributed by atoms with Crippen molar-refractivity contribution in [2.75, 3.05) is 0 Å². The molecular formula is C27H38N3+. The fourth-order valence-corrected chi connectivity index (χ4v) is 4.47. The molecule has 0 saturated heterocycles. The molecule has 0 saturated carbocycles. The SMILES string of the molecule is Cc1nc(-c2c(C(C)C)cccc2C(C)C)n(-c2ccccc2C(C)C)[n+]1C(C)C. The Morgan fingerprint density at radius 1 is 0.700 bits per heavy atom. The van der Waals surface area contributed by atoms with E-state index in [-0.39, 0.29) is 0 Å². The van der Waals surface area contributed by atoms with Gasteiger partial charge in [-0.2, -0.15) is 0 Å². The van der Waals surface area contributed by atoms with Gasteiger partial charge in [-0.15, -0.1) is 9.36 Å². The molecule has 3 rings (SSSR count). The summed E-state index contributed by atoms with van der Waals surface area (Å²) in [6.45, 7) is 20.3. The molecule has 1 aromatic heterocycles. The normalized spacial score (nSPS) is 12.0. The summed E-state index contributed by atoms with van der Waals surface area (Å²) in [5, 5.41) is 0. The number of aromatic nitrogens is 3. The van der Waals surface area contributed by atoms with Gasteiger partial charge in [-0.25, -0.2) is 0 Å². The maximum atomic E-state index is 5.19. The molecule has 0 aliphatic heterocycles. The number of nitrogens with zero attached hydrogens (tertiary/aromatic N) is 3. The lowest BCUT2D eigenvalue weighted by molar-refractivity contribution is -0.789. The molecule has 0 bridgehead atoms. The zero-order chi connectivity index (χ0) is 22.2. The van der Waals surface area contributed by atoms with E-state index in [2.05, 4.69) is 114 Å². The Balaban J connectivity index is 2.48. The predicted octanol–water partition coefficient (Wildman–Crippen LogP) is 7.09. The third-order valence-corrected chi connectivity index (χ3v) is 5.89. The van der Waals surface area contributed by atoms with E-state index in [0.29, 0.717) is 23.8 Å². The molecule has 0 atom stereocenters. The Hall–Kier alpha value is -2.42. The average molecular weight is 405 g/mol. The lowest BCUT2D eigenvalue weighted by Gasteiger charge is -2.20. The molecule has 0 aliphatic rings. The second-order valence-electron chi connectivity index (χ2n) is 9.57. The van der Waals surface area contributed by atoms with Crippen molar-refractivity contribution in [3.8, 4) is 17.1 Å². The maximum Gasteiger partial charge on any atom is 0.317 e. The van der Waals surface area contributed by atoms with Crippen LogP contribution in [-0.2, 0) is 0 Å². The first kappa shape index (κ1) is 22.3. The van der Waals surface area contributed by atoms with Crippen molar-refractivity contribution < 1.29 is 4.68 Å². The van der Waals surface area contributed by atoms with E-state index in [1.807, 2.05) is 0 Å². The van der Waals surface area contributed by atoms with Crippen LogP contribution < -0.4 is 4.68 Å². The molecular weight excluding hydrogens is 366 g/mol. The van der Waals surface area contributed by atoms with Gasteiger partial charge in [0.15, 0.2) is 0 Å². The van der Waals surface area contributed by atoms with E-state index in [1.54, 1.807) is 0 Å². The molecule has 2 aromatic carbocycles. The molecule has 3 aromatic rings. The number of hydrogen-bond donors (Lipinski definition) is 0. The highest BCUT2D eigenvalue weighted by Gasteiger charge is 2.32. The fourth-order valence-electron chi connectivity index (χ4n) is 4.47. The van der Waals surface area contributed by atoms with E-state index in [4.69, 9.17) is 4.98 Å². The molecule has 160 valence electrons.